The van der Waals surface area contributed by atoms with Crippen molar-refractivity contribution in [2.75, 3.05) is 47.5 Å². The first kappa shape index (κ1) is 71.7. The Labute approximate surface area is 469 Å². The van der Waals surface area contributed by atoms with E-state index < -0.39 is 24.3 Å². The lowest BCUT2D eigenvalue weighted by atomic mass is 10.1. The van der Waals surface area contributed by atoms with Gasteiger partial charge in [0.1, 0.15) is 13.2 Å². The van der Waals surface area contributed by atoms with Gasteiger partial charge in [0, 0.05) is 12.8 Å². The summed E-state index contributed by atoms with van der Waals surface area (Å²) in [4.78, 5) is 37.4. The molecule has 0 saturated heterocycles. The molecule has 9 heteroatoms. The van der Waals surface area contributed by atoms with E-state index in [0.717, 1.165) is 141 Å². The molecule has 2 unspecified atom stereocenters. The summed E-state index contributed by atoms with van der Waals surface area (Å²) in [5, 5.41) is 9.70. The third-order valence-corrected chi connectivity index (χ3v) is 11.5. The minimum atomic E-state index is -1.54. The van der Waals surface area contributed by atoms with E-state index >= 15 is 0 Å². The van der Waals surface area contributed by atoms with E-state index in [-0.39, 0.29) is 38.6 Å². The van der Waals surface area contributed by atoms with Crippen LogP contribution in [-0.4, -0.2) is 87.4 Å². The van der Waals surface area contributed by atoms with Gasteiger partial charge in [0.15, 0.2) is 6.10 Å². The molecule has 2 atom stereocenters. The molecule has 0 radical (unpaired) electrons. The predicted octanol–water partition coefficient (Wildman–Crippen LogP) is 17.6. The number of ether oxygens (including phenoxy) is 4. The fraction of sp³-hybridized carbons (Fsp3) is 0.544. The van der Waals surface area contributed by atoms with Crippen molar-refractivity contribution < 1.29 is 42.9 Å². The van der Waals surface area contributed by atoms with Crippen LogP contribution in [0.1, 0.15) is 181 Å². The SMILES string of the molecule is CC/C=C\C/C=C\C/C=C\C/C=C\C/C=C\C/C=C\C/C=C\C/C=C\C/C=C\C/C=C\CCCCC(=O)OC(COC(=O)CCCCCCCC/C=C\C/C=C\C/C=C\C/C=C\CC)COC(OCC[N+](C)(C)C)C(=O)O. The van der Waals surface area contributed by atoms with Crippen LogP contribution in [0.3, 0.4) is 0 Å². The van der Waals surface area contributed by atoms with Gasteiger partial charge in [-0.2, -0.15) is 0 Å². The van der Waals surface area contributed by atoms with Crippen LogP contribution in [0.2, 0.25) is 0 Å². The number of nitrogens with zero attached hydrogens (tertiary/aromatic N) is 1. The molecule has 9 nitrogen and oxygen atoms in total. The molecule has 0 heterocycles. The average Bonchev–Trinajstić information content (AvgIpc) is 3.40. The zero-order chi connectivity index (χ0) is 56.2. The standard InChI is InChI=1S/C68H105NO8/c1-6-8-10-12-14-16-18-20-22-24-26-27-28-29-30-31-32-33-34-35-36-37-38-39-41-43-45-47-49-51-53-55-57-59-66(71)77-64(63-76-68(67(72)73)74-61-60-69(3,4)5)62-75-65(70)58-56-54-52-50-48-46-44-42-40-25-23-21-19-17-15-13-11-9-7-2/h8-11,14-17,20-23,26-27,29-30,32-33,35-36,38-40,42-43,45,49,51,64,68H,6-7,12-13,18-19,24-25,28,31,34,37,41,44,46-48,50,52-63H2,1-5H3/p+1/b10-8-,11-9-,16-14-,17-15-,22-20-,23-21-,27-26-,30-29-,33-32-,36-35-,39-38-,42-40-,45-43-,51-49-. The number of esters is 2. The maximum absolute atomic E-state index is 12.9. The Morgan fingerprint density at radius 3 is 1.06 bits per heavy atom. The Morgan fingerprint density at radius 1 is 0.390 bits per heavy atom. The van der Waals surface area contributed by atoms with Crippen molar-refractivity contribution in [3.63, 3.8) is 0 Å². The Kier molecular flexibility index (Phi) is 52.9. The average molecular weight is 1070 g/mol. The van der Waals surface area contributed by atoms with Crippen LogP contribution in [0.4, 0.5) is 0 Å². The number of allylic oxidation sites excluding steroid dienone is 28. The molecular formula is C68H106NO8+. The molecule has 0 saturated carbocycles. The molecule has 0 spiro atoms. The zero-order valence-electron chi connectivity index (χ0n) is 48.8. The largest absolute Gasteiger partial charge is 0.477 e. The quantitative estimate of drug-likeness (QED) is 0.0211. The van der Waals surface area contributed by atoms with Gasteiger partial charge >= 0.3 is 17.9 Å². The number of carbonyl (C=O) groups excluding carboxylic acids is 2. The second-order valence-corrected chi connectivity index (χ2v) is 19.8. The van der Waals surface area contributed by atoms with E-state index in [0.29, 0.717) is 23.9 Å². The molecule has 0 amide bonds. The number of likely N-dealkylation sites (N-methyl/N-ethyl adjacent to an activating group) is 1. The summed E-state index contributed by atoms with van der Waals surface area (Å²) in [6.45, 7) is 4.54. The van der Waals surface area contributed by atoms with E-state index in [2.05, 4.69) is 184 Å². The molecule has 0 aromatic heterocycles. The first-order valence-corrected chi connectivity index (χ1v) is 29.3. The number of carboxylic acid groups (broad SMARTS) is 1. The first-order valence-electron chi connectivity index (χ1n) is 29.3. The van der Waals surface area contributed by atoms with E-state index in [9.17, 15) is 19.5 Å². The number of unbranched alkanes of at least 4 members (excludes halogenated alkanes) is 8. The van der Waals surface area contributed by atoms with Crippen LogP contribution in [0.15, 0.2) is 170 Å². The lowest BCUT2D eigenvalue weighted by Gasteiger charge is -2.25. The van der Waals surface area contributed by atoms with E-state index in [1.54, 1.807) is 0 Å². The molecule has 0 aliphatic heterocycles. The number of rotatable bonds is 51. The van der Waals surface area contributed by atoms with Crippen molar-refractivity contribution in [2.24, 2.45) is 0 Å². The second-order valence-electron chi connectivity index (χ2n) is 19.8. The van der Waals surface area contributed by atoms with Crippen LogP contribution in [0.5, 0.6) is 0 Å². The maximum Gasteiger partial charge on any atom is 0.361 e. The predicted molar refractivity (Wildman–Crippen MR) is 326 cm³/mol. The maximum atomic E-state index is 12.9. The normalized spacial score (nSPS) is 14.0. The summed E-state index contributed by atoms with van der Waals surface area (Å²) in [5.41, 5.74) is 0. The van der Waals surface area contributed by atoms with Gasteiger partial charge < -0.3 is 28.5 Å². The fourth-order valence-electron chi connectivity index (χ4n) is 7.03. The third kappa shape index (κ3) is 58.2. The molecule has 0 bridgehead atoms. The summed E-state index contributed by atoms with van der Waals surface area (Å²) < 4.78 is 22.8. The monoisotopic (exact) mass is 1060 g/mol. The summed E-state index contributed by atoms with van der Waals surface area (Å²) in [6.07, 6.45) is 82.9. The second kappa shape index (κ2) is 56.8. The van der Waals surface area contributed by atoms with Crippen molar-refractivity contribution in [1.29, 1.82) is 0 Å². The highest BCUT2D eigenvalue weighted by Gasteiger charge is 2.25. The van der Waals surface area contributed by atoms with Crippen molar-refractivity contribution >= 4 is 17.9 Å². The van der Waals surface area contributed by atoms with Crippen molar-refractivity contribution in [3.8, 4) is 0 Å². The number of carboxylic acids is 1. The molecule has 0 aliphatic rings. The topological polar surface area (TPSA) is 108 Å². The number of hydrogen-bond donors (Lipinski definition) is 1. The van der Waals surface area contributed by atoms with Crippen molar-refractivity contribution in [3.05, 3.63) is 170 Å². The summed E-state index contributed by atoms with van der Waals surface area (Å²) >= 11 is 0. The van der Waals surface area contributed by atoms with Gasteiger partial charge in [-0.05, 0) is 128 Å². The molecule has 0 fully saturated rings. The van der Waals surface area contributed by atoms with Gasteiger partial charge in [0.25, 0.3) is 6.29 Å². The molecular weight excluding hydrogens is 959 g/mol. The first-order chi connectivity index (χ1) is 37.6. The molecule has 0 aromatic rings. The Balaban J connectivity index is 4.41. The smallest absolute Gasteiger partial charge is 0.361 e. The number of quaternary nitrogens is 1. The van der Waals surface area contributed by atoms with E-state index in [1.165, 1.54) is 0 Å². The highest BCUT2D eigenvalue weighted by atomic mass is 16.7. The third-order valence-electron chi connectivity index (χ3n) is 11.5. The molecule has 1 N–H and O–H groups in total. The molecule has 0 aliphatic carbocycles. The van der Waals surface area contributed by atoms with Crippen LogP contribution >= 0.6 is 0 Å². The van der Waals surface area contributed by atoms with Gasteiger partial charge in [-0.15, -0.1) is 0 Å². The van der Waals surface area contributed by atoms with Gasteiger partial charge in [-0.1, -0.05) is 210 Å². The van der Waals surface area contributed by atoms with Gasteiger partial charge in [-0.3, -0.25) is 9.59 Å². The zero-order valence-corrected chi connectivity index (χ0v) is 48.8. The Morgan fingerprint density at radius 2 is 0.701 bits per heavy atom. The van der Waals surface area contributed by atoms with Crippen LogP contribution in [0.25, 0.3) is 0 Å². The van der Waals surface area contributed by atoms with Crippen molar-refractivity contribution in [2.45, 2.75) is 193 Å². The van der Waals surface area contributed by atoms with E-state index in [4.69, 9.17) is 18.9 Å². The van der Waals surface area contributed by atoms with Gasteiger partial charge in [0.2, 0.25) is 0 Å². The van der Waals surface area contributed by atoms with Crippen LogP contribution in [-0.2, 0) is 33.3 Å². The highest BCUT2D eigenvalue weighted by Crippen LogP contribution is 2.12. The van der Waals surface area contributed by atoms with Crippen LogP contribution < -0.4 is 0 Å². The lowest BCUT2D eigenvalue weighted by molar-refractivity contribution is -0.870. The fourth-order valence-corrected chi connectivity index (χ4v) is 7.03. The van der Waals surface area contributed by atoms with Crippen molar-refractivity contribution in [1.82, 2.24) is 0 Å². The van der Waals surface area contributed by atoms with E-state index in [1.807, 2.05) is 21.1 Å². The molecule has 430 valence electrons. The minimum Gasteiger partial charge on any atom is -0.477 e. The summed E-state index contributed by atoms with van der Waals surface area (Å²) in [7, 11) is 5.93. The lowest BCUT2D eigenvalue weighted by Crippen LogP contribution is -2.40. The number of hydrogen-bond acceptors (Lipinski definition) is 7. The molecule has 0 aromatic carbocycles. The number of carbonyl (C=O) groups is 3. The van der Waals surface area contributed by atoms with Crippen LogP contribution in [0, 0.1) is 0 Å². The molecule has 0 rings (SSSR count). The summed E-state index contributed by atoms with van der Waals surface area (Å²) in [6, 6.07) is 0. The summed E-state index contributed by atoms with van der Waals surface area (Å²) in [5.74, 6) is -2.11. The van der Waals surface area contributed by atoms with Gasteiger partial charge in [0.05, 0.1) is 34.4 Å². The Bertz CT molecular complexity index is 1860. The Hall–Kier alpha value is -5.35. The van der Waals surface area contributed by atoms with Gasteiger partial charge in [-0.25, -0.2) is 4.79 Å². The number of aliphatic carboxylic acids is 1. The minimum absolute atomic E-state index is 0.166. The molecule has 77 heavy (non-hydrogen) atoms. The highest BCUT2D eigenvalue weighted by molar-refractivity contribution is 5.71.